The first kappa shape index (κ1) is 19.9. The van der Waals surface area contributed by atoms with Crippen molar-refractivity contribution in [1.29, 1.82) is 0 Å². The zero-order valence-electron chi connectivity index (χ0n) is 15.5. The fourth-order valence-electron chi connectivity index (χ4n) is 2.51. The van der Waals surface area contributed by atoms with Gasteiger partial charge < -0.3 is 10.6 Å². The van der Waals surface area contributed by atoms with Crippen molar-refractivity contribution < 1.29 is 9.59 Å². The molecule has 1 aromatic heterocycles. The molecule has 2 amide bonds. The van der Waals surface area contributed by atoms with E-state index in [4.69, 9.17) is 12.2 Å². The maximum atomic E-state index is 12.2. The number of fused-ring (bicyclic) bond motifs is 1. The van der Waals surface area contributed by atoms with E-state index < -0.39 is 0 Å². The maximum Gasteiger partial charge on any atom is 0.257 e. The van der Waals surface area contributed by atoms with Gasteiger partial charge in [0, 0.05) is 17.7 Å². The zero-order chi connectivity index (χ0) is 20.1. The Bertz CT molecular complexity index is 1030. The van der Waals surface area contributed by atoms with Gasteiger partial charge in [0.15, 0.2) is 10.2 Å². The predicted octanol–water partition coefficient (Wildman–Crippen LogP) is 4.47. The van der Waals surface area contributed by atoms with Gasteiger partial charge in [0.2, 0.25) is 5.91 Å². The van der Waals surface area contributed by atoms with Crippen LogP contribution in [0.5, 0.6) is 0 Å². The molecule has 0 saturated carbocycles. The second kappa shape index (κ2) is 8.90. The fraction of sp³-hybridized carbons (Fsp3) is 0.200. The average molecular weight is 413 g/mol. The van der Waals surface area contributed by atoms with Gasteiger partial charge in [-0.15, -0.1) is 0 Å². The minimum Gasteiger partial charge on any atom is -0.332 e. The number of carbonyl (C=O) groups excluding carboxylic acids is 2. The number of thiazole rings is 1. The highest BCUT2D eigenvalue weighted by Crippen LogP contribution is 2.28. The Labute approximate surface area is 172 Å². The molecule has 1 heterocycles. The molecule has 144 valence electrons. The largest absolute Gasteiger partial charge is 0.332 e. The van der Waals surface area contributed by atoms with Crippen LogP contribution in [-0.2, 0) is 4.79 Å². The number of anilines is 2. The first-order valence-electron chi connectivity index (χ1n) is 8.84. The lowest BCUT2D eigenvalue weighted by atomic mass is 10.1. The lowest BCUT2D eigenvalue weighted by Crippen LogP contribution is -2.34. The topological polar surface area (TPSA) is 83.1 Å². The van der Waals surface area contributed by atoms with Gasteiger partial charge >= 0.3 is 0 Å². The van der Waals surface area contributed by atoms with E-state index in [1.54, 1.807) is 12.1 Å². The van der Waals surface area contributed by atoms with E-state index >= 15 is 0 Å². The van der Waals surface area contributed by atoms with Crippen LogP contribution >= 0.6 is 23.6 Å². The van der Waals surface area contributed by atoms with Crippen molar-refractivity contribution in [2.24, 2.45) is 0 Å². The van der Waals surface area contributed by atoms with Crippen molar-refractivity contribution in [3.8, 4) is 0 Å². The van der Waals surface area contributed by atoms with E-state index in [0.29, 0.717) is 17.1 Å². The van der Waals surface area contributed by atoms with Crippen LogP contribution in [0.2, 0.25) is 0 Å². The number of hydrogen-bond donors (Lipinski definition) is 3. The first-order chi connectivity index (χ1) is 13.4. The third kappa shape index (κ3) is 5.11. The van der Waals surface area contributed by atoms with Crippen molar-refractivity contribution in [3.63, 3.8) is 0 Å². The number of benzene rings is 2. The Balaban J connectivity index is 1.64. The molecule has 0 fully saturated rings. The normalized spacial score (nSPS) is 10.5. The van der Waals surface area contributed by atoms with Crippen molar-refractivity contribution >= 4 is 61.5 Å². The minimum atomic E-state index is -0.266. The zero-order valence-corrected chi connectivity index (χ0v) is 17.2. The average Bonchev–Trinajstić information content (AvgIpc) is 3.03. The van der Waals surface area contributed by atoms with E-state index in [2.05, 4.69) is 20.9 Å². The van der Waals surface area contributed by atoms with Crippen LogP contribution in [0.1, 0.15) is 35.7 Å². The number of aryl methyl sites for hydroxylation is 1. The SMILES string of the molecule is CCCC(=O)Nc1nc2ccc(NC(=S)NC(=O)c3ccc(C)cc3)cc2s1. The molecule has 8 heteroatoms. The monoisotopic (exact) mass is 412 g/mol. The number of nitrogens with zero attached hydrogens (tertiary/aromatic N) is 1. The third-order valence-electron chi connectivity index (χ3n) is 3.91. The van der Waals surface area contributed by atoms with Gasteiger partial charge in [0.25, 0.3) is 5.91 Å². The highest BCUT2D eigenvalue weighted by molar-refractivity contribution is 7.80. The number of hydrogen-bond acceptors (Lipinski definition) is 5. The summed E-state index contributed by atoms with van der Waals surface area (Å²) in [7, 11) is 0. The van der Waals surface area contributed by atoms with Gasteiger partial charge in [0.05, 0.1) is 10.2 Å². The van der Waals surface area contributed by atoms with E-state index in [1.807, 2.05) is 44.2 Å². The Morgan fingerprint density at radius 3 is 2.57 bits per heavy atom. The number of rotatable bonds is 5. The molecular weight excluding hydrogens is 392 g/mol. The molecule has 0 aliphatic rings. The summed E-state index contributed by atoms with van der Waals surface area (Å²) in [5.74, 6) is -0.308. The van der Waals surface area contributed by atoms with Gasteiger partial charge in [0.1, 0.15) is 0 Å². The smallest absolute Gasteiger partial charge is 0.257 e. The molecule has 0 bridgehead atoms. The van der Waals surface area contributed by atoms with Crippen molar-refractivity contribution in [2.75, 3.05) is 10.6 Å². The van der Waals surface area contributed by atoms with Gasteiger partial charge in [-0.05, 0) is 55.9 Å². The summed E-state index contributed by atoms with van der Waals surface area (Å²) in [6.45, 7) is 3.92. The van der Waals surface area contributed by atoms with E-state index in [-0.39, 0.29) is 16.9 Å². The number of thiocarbonyl (C=S) groups is 1. The Morgan fingerprint density at radius 1 is 1.11 bits per heavy atom. The van der Waals surface area contributed by atoms with Crippen LogP contribution in [-0.4, -0.2) is 21.9 Å². The lowest BCUT2D eigenvalue weighted by molar-refractivity contribution is -0.116. The van der Waals surface area contributed by atoms with Gasteiger partial charge in [-0.2, -0.15) is 0 Å². The summed E-state index contributed by atoms with van der Waals surface area (Å²) >= 11 is 6.63. The molecule has 3 rings (SSSR count). The molecule has 0 atom stereocenters. The van der Waals surface area contributed by atoms with Crippen molar-refractivity contribution in [3.05, 3.63) is 53.6 Å². The Kier molecular flexibility index (Phi) is 6.33. The third-order valence-corrected chi connectivity index (χ3v) is 5.05. The van der Waals surface area contributed by atoms with Crippen LogP contribution in [0, 0.1) is 6.92 Å². The Morgan fingerprint density at radius 2 is 1.86 bits per heavy atom. The second-order valence-corrected chi connectivity index (χ2v) is 7.71. The van der Waals surface area contributed by atoms with Gasteiger partial charge in [-0.3, -0.25) is 14.9 Å². The molecule has 0 spiro atoms. The summed E-state index contributed by atoms with van der Waals surface area (Å²) < 4.78 is 0.907. The second-order valence-electron chi connectivity index (χ2n) is 6.27. The summed E-state index contributed by atoms with van der Waals surface area (Å²) in [6.07, 6.45) is 1.26. The van der Waals surface area contributed by atoms with E-state index in [0.717, 1.165) is 27.9 Å². The molecule has 2 aromatic carbocycles. The highest BCUT2D eigenvalue weighted by Gasteiger charge is 2.10. The molecular formula is C20H20N4O2S2. The van der Waals surface area contributed by atoms with Crippen LogP contribution in [0.15, 0.2) is 42.5 Å². The molecule has 3 N–H and O–H groups in total. The quantitative estimate of drug-likeness (QED) is 0.539. The van der Waals surface area contributed by atoms with Crippen LogP contribution < -0.4 is 16.0 Å². The molecule has 0 aliphatic carbocycles. The molecule has 28 heavy (non-hydrogen) atoms. The van der Waals surface area contributed by atoms with E-state index in [1.165, 1.54) is 11.3 Å². The number of amides is 2. The van der Waals surface area contributed by atoms with Crippen LogP contribution in [0.25, 0.3) is 10.2 Å². The summed E-state index contributed by atoms with van der Waals surface area (Å²) in [5, 5.41) is 9.27. The molecule has 0 radical (unpaired) electrons. The van der Waals surface area contributed by atoms with Crippen molar-refractivity contribution in [1.82, 2.24) is 10.3 Å². The van der Waals surface area contributed by atoms with Gasteiger partial charge in [-0.1, -0.05) is 36.0 Å². The summed E-state index contributed by atoms with van der Waals surface area (Å²) in [4.78, 5) is 28.4. The van der Waals surface area contributed by atoms with Crippen LogP contribution in [0.4, 0.5) is 10.8 Å². The van der Waals surface area contributed by atoms with Crippen molar-refractivity contribution in [2.45, 2.75) is 26.7 Å². The van der Waals surface area contributed by atoms with E-state index in [9.17, 15) is 9.59 Å². The molecule has 0 unspecified atom stereocenters. The number of nitrogens with one attached hydrogen (secondary N) is 3. The molecule has 0 aliphatic heterocycles. The lowest BCUT2D eigenvalue weighted by Gasteiger charge is -2.09. The molecule has 0 saturated heterocycles. The van der Waals surface area contributed by atoms with Crippen LogP contribution in [0.3, 0.4) is 0 Å². The number of carbonyl (C=O) groups is 2. The fourth-order valence-corrected chi connectivity index (χ4v) is 3.64. The van der Waals surface area contributed by atoms with Gasteiger partial charge in [-0.25, -0.2) is 4.98 Å². The number of aromatic nitrogens is 1. The standard InChI is InChI=1S/C20H20N4O2S2/c1-3-4-17(25)23-20-22-15-10-9-14(11-16(15)28-20)21-19(27)24-18(26)13-7-5-12(2)6-8-13/h5-11H,3-4H2,1-2H3,(H,22,23,25)(H2,21,24,26,27). The summed E-state index contributed by atoms with van der Waals surface area (Å²) in [6, 6.07) is 12.8. The first-order valence-corrected chi connectivity index (χ1v) is 10.1. The summed E-state index contributed by atoms with van der Waals surface area (Å²) in [5.41, 5.74) is 3.15. The maximum absolute atomic E-state index is 12.2. The molecule has 3 aromatic rings. The molecule has 6 nitrogen and oxygen atoms in total. The minimum absolute atomic E-state index is 0.0418. The predicted molar refractivity (Wildman–Crippen MR) is 118 cm³/mol. The Hall–Kier alpha value is -2.84. The highest BCUT2D eigenvalue weighted by atomic mass is 32.1.